The number of hydrogen-bond acceptors (Lipinski definition) is 2. The molecule has 21 heavy (non-hydrogen) atoms. The second kappa shape index (κ2) is 7.43. The number of hydrogen-bond donors (Lipinski definition) is 1. The predicted molar refractivity (Wildman–Crippen MR) is 92.0 cm³/mol. The summed E-state index contributed by atoms with van der Waals surface area (Å²) in [5.74, 6) is 0. The van der Waals surface area contributed by atoms with Gasteiger partial charge >= 0.3 is 0 Å². The summed E-state index contributed by atoms with van der Waals surface area (Å²) in [6.07, 6.45) is 1.85. The third-order valence-electron chi connectivity index (χ3n) is 3.59. The molecule has 3 nitrogen and oxygen atoms in total. The predicted octanol–water partition coefficient (Wildman–Crippen LogP) is 3.91. The van der Waals surface area contributed by atoms with Crippen molar-refractivity contribution in [2.24, 2.45) is 7.05 Å². The van der Waals surface area contributed by atoms with Crippen LogP contribution in [0.15, 0.2) is 28.7 Å². The van der Waals surface area contributed by atoms with E-state index < -0.39 is 0 Å². The van der Waals surface area contributed by atoms with Gasteiger partial charge in [-0.3, -0.25) is 4.68 Å². The van der Waals surface area contributed by atoms with Gasteiger partial charge in [0.15, 0.2) is 0 Å². The van der Waals surface area contributed by atoms with Crippen LogP contribution < -0.4 is 5.32 Å². The van der Waals surface area contributed by atoms with E-state index in [9.17, 15) is 0 Å². The van der Waals surface area contributed by atoms with Crippen molar-refractivity contribution in [2.45, 2.75) is 32.7 Å². The molecule has 0 amide bonds. The van der Waals surface area contributed by atoms with Crippen LogP contribution >= 0.6 is 27.5 Å². The molecule has 0 saturated heterocycles. The van der Waals surface area contributed by atoms with Crippen LogP contribution in [0.25, 0.3) is 0 Å². The molecule has 0 bridgehead atoms. The fourth-order valence-electron chi connectivity index (χ4n) is 2.55. The molecule has 1 unspecified atom stereocenters. The third kappa shape index (κ3) is 4.31. The fraction of sp³-hybridized carbons (Fsp3) is 0.438. The van der Waals surface area contributed by atoms with E-state index in [4.69, 9.17) is 11.6 Å². The Hall–Kier alpha value is -0.840. The minimum absolute atomic E-state index is 0.350. The van der Waals surface area contributed by atoms with Crippen LogP contribution in [0.4, 0.5) is 0 Å². The lowest BCUT2D eigenvalue weighted by atomic mass is 10.0. The molecule has 114 valence electrons. The first-order chi connectivity index (χ1) is 10.0. The molecule has 2 rings (SSSR count). The summed E-state index contributed by atoms with van der Waals surface area (Å²) in [5.41, 5.74) is 3.31. The number of rotatable bonds is 6. The lowest BCUT2D eigenvalue weighted by Gasteiger charge is -2.18. The Kier molecular flexibility index (Phi) is 5.85. The Morgan fingerprint density at radius 3 is 2.48 bits per heavy atom. The SMILES string of the molecule is CCNC(Cc1ccc(Br)cc1)Cc1c(Cl)c(C)nn1C. The molecule has 0 spiro atoms. The smallest absolute Gasteiger partial charge is 0.0847 e. The molecular weight excluding hydrogens is 350 g/mol. The number of aryl methyl sites for hydroxylation is 2. The molecule has 1 N–H and O–H groups in total. The van der Waals surface area contributed by atoms with Crippen molar-refractivity contribution < 1.29 is 0 Å². The van der Waals surface area contributed by atoms with Crippen molar-refractivity contribution in [3.8, 4) is 0 Å². The lowest BCUT2D eigenvalue weighted by Crippen LogP contribution is -2.33. The first-order valence-corrected chi connectivity index (χ1v) is 8.34. The van der Waals surface area contributed by atoms with E-state index in [0.29, 0.717) is 6.04 Å². The van der Waals surface area contributed by atoms with Crippen molar-refractivity contribution in [3.63, 3.8) is 0 Å². The molecule has 1 aromatic carbocycles. The van der Waals surface area contributed by atoms with Crippen molar-refractivity contribution in [3.05, 3.63) is 50.7 Å². The molecule has 0 saturated carbocycles. The number of likely N-dealkylation sites (N-methyl/N-ethyl adjacent to an activating group) is 1. The van der Waals surface area contributed by atoms with E-state index in [1.165, 1.54) is 5.56 Å². The molecule has 1 heterocycles. The highest BCUT2D eigenvalue weighted by Crippen LogP contribution is 2.22. The third-order valence-corrected chi connectivity index (χ3v) is 4.61. The number of halogens is 2. The Labute approximate surface area is 139 Å². The summed E-state index contributed by atoms with van der Waals surface area (Å²) in [6, 6.07) is 8.83. The van der Waals surface area contributed by atoms with Gasteiger partial charge < -0.3 is 5.32 Å². The zero-order valence-corrected chi connectivity index (χ0v) is 15.0. The van der Waals surface area contributed by atoms with E-state index >= 15 is 0 Å². The monoisotopic (exact) mass is 369 g/mol. The lowest BCUT2D eigenvalue weighted by molar-refractivity contribution is 0.504. The van der Waals surface area contributed by atoms with Gasteiger partial charge in [-0.05, 0) is 37.6 Å². The normalized spacial score (nSPS) is 12.6. The Balaban J connectivity index is 2.13. The second-order valence-corrected chi connectivity index (χ2v) is 6.55. The van der Waals surface area contributed by atoms with Crippen molar-refractivity contribution in [1.29, 1.82) is 0 Å². The average Bonchev–Trinajstić information content (AvgIpc) is 2.68. The zero-order chi connectivity index (χ0) is 15.4. The standard InChI is InChI=1S/C16H21BrClN3/c1-4-19-14(9-12-5-7-13(17)8-6-12)10-15-16(18)11(2)20-21(15)3/h5-8,14,19H,4,9-10H2,1-3H3. The Morgan fingerprint density at radius 2 is 1.95 bits per heavy atom. The zero-order valence-electron chi connectivity index (χ0n) is 12.7. The largest absolute Gasteiger partial charge is 0.314 e. The number of aromatic nitrogens is 2. The van der Waals surface area contributed by atoms with Gasteiger partial charge in [0.25, 0.3) is 0 Å². The van der Waals surface area contributed by atoms with Crippen LogP contribution in [-0.2, 0) is 19.9 Å². The molecule has 2 aromatic rings. The van der Waals surface area contributed by atoms with E-state index in [-0.39, 0.29) is 0 Å². The molecule has 1 atom stereocenters. The molecule has 5 heteroatoms. The van der Waals surface area contributed by atoms with Gasteiger partial charge in [-0.2, -0.15) is 5.10 Å². The van der Waals surface area contributed by atoms with Crippen molar-refractivity contribution >= 4 is 27.5 Å². The van der Waals surface area contributed by atoms with Gasteiger partial charge in [0.05, 0.1) is 16.4 Å². The summed E-state index contributed by atoms with van der Waals surface area (Å²) in [6.45, 7) is 5.02. The minimum atomic E-state index is 0.350. The highest BCUT2D eigenvalue weighted by Gasteiger charge is 2.17. The second-order valence-electron chi connectivity index (χ2n) is 5.26. The quantitative estimate of drug-likeness (QED) is 0.835. The van der Waals surface area contributed by atoms with Crippen molar-refractivity contribution in [2.75, 3.05) is 6.54 Å². The number of nitrogens with zero attached hydrogens (tertiary/aromatic N) is 2. The average molecular weight is 371 g/mol. The first kappa shape index (κ1) is 16.5. The van der Waals surface area contributed by atoms with Gasteiger partial charge in [-0.15, -0.1) is 0 Å². The summed E-state index contributed by atoms with van der Waals surface area (Å²) in [4.78, 5) is 0. The van der Waals surface area contributed by atoms with Gasteiger partial charge in [0.1, 0.15) is 0 Å². The van der Waals surface area contributed by atoms with Crippen LogP contribution in [0.3, 0.4) is 0 Å². The Morgan fingerprint density at radius 1 is 1.29 bits per heavy atom. The number of nitrogens with one attached hydrogen (secondary N) is 1. The summed E-state index contributed by atoms with van der Waals surface area (Å²) < 4.78 is 3.00. The van der Waals surface area contributed by atoms with Crippen LogP contribution in [0.5, 0.6) is 0 Å². The maximum atomic E-state index is 6.36. The maximum Gasteiger partial charge on any atom is 0.0847 e. The van der Waals surface area contributed by atoms with E-state index in [1.54, 1.807) is 0 Å². The minimum Gasteiger partial charge on any atom is -0.314 e. The molecule has 0 radical (unpaired) electrons. The summed E-state index contributed by atoms with van der Waals surface area (Å²) in [5, 5.41) is 8.73. The van der Waals surface area contributed by atoms with Gasteiger partial charge in [-0.1, -0.05) is 46.6 Å². The van der Waals surface area contributed by atoms with Gasteiger partial charge in [0.2, 0.25) is 0 Å². The van der Waals surface area contributed by atoms with Crippen molar-refractivity contribution in [1.82, 2.24) is 15.1 Å². The number of benzene rings is 1. The summed E-state index contributed by atoms with van der Waals surface area (Å²) >= 11 is 9.84. The van der Waals surface area contributed by atoms with Crippen LogP contribution in [0.1, 0.15) is 23.9 Å². The molecule has 1 aromatic heterocycles. The van der Waals surface area contributed by atoms with Gasteiger partial charge in [0, 0.05) is 24.0 Å². The molecule has 0 fully saturated rings. The highest BCUT2D eigenvalue weighted by molar-refractivity contribution is 9.10. The van der Waals surface area contributed by atoms with Gasteiger partial charge in [-0.25, -0.2) is 0 Å². The molecule has 0 aliphatic carbocycles. The topological polar surface area (TPSA) is 29.9 Å². The maximum absolute atomic E-state index is 6.36. The van der Waals surface area contributed by atoms with Crippen LogP contribution in [0.2, 0.25) is 5.02 Å². The van der Waals surface area contributed by atoms with Crippen LogP contribution in [0, 0.1) is 6.92 Å². The summed E-state index contributed by atoms with van der Waals surface area (Å²) in [7, 11) is 1.96. The first-order valence-electron chi connectivity index (χ1n) is 7.17. The highest BCUT2D eigenvalue weighted by atomic mass is 79.9. The molecule has 0 aliphatic rings. The Bertz CT molecular complexity index is 592. The molecule has 0 aliphatic heterocycles. The van der Waals surface area contributed by atoms with Crippen LogP contribution in [-0.4, -0.2) is 22.4 Å². The fourth-order valence-corrected chi connectivity index (χ4v) is 3.05. The molecular formula is C16H21BrClN3. The van der Waals surface area contributed by atoms with E-state index in [2.05, 4.69) is 57.5 Å². The van der Waals surface area contributed by atoms with E-state index in [1.807, 2.05) is 18.7 Å². The van der Waals surface area contributed by atoms with E-state index in [0.717, 1.165) is 40.3 Å².